The van der Waals surface area contributed by atoms with E-state index >= 15 is 0 Å². The van der Waals surface area contributed by atoms with Crippen molar-refractivity contribution in [3.8, 4) is 11.4 Å². The number of aromatic nitrogens is 3. The molecule has 16 heavy (non-hydrogen) atoms. The molecule has 0 atom stereocenters. The normalized spacial score (nSPS) is 11.0. The van der Waals surface area contributed by atoms with Crippen molar-refractivity contribution in [2.75, 3.05) is 0 Å². The first kappa shape index (κ1) is 11.0. The average Bonchev–Trinajstić information content (AvgIpc) is 2.84. The second kappa shape index (κ2) is 4.17. The van der Waals surface area contributed by atoms with Gasteiger partial charge in [0.05, 0.1) is 5.51 Å². The molecule has 5 heteroatoms. The molecule has 2 heterocycles. The molecule has 0 aliphatic heterocycles. The maximum absolute atomic E-state index is 11.9. The molecule has 0 aliphatic carbocycles. The van der Waals surface area contributed by atoms with Crippen LogP contribution in [0.1, 0.15) is 24.3 Å². The minimum atomic E-state index is -0.0151. The summed E-state index contributed by atoms with van der Waals surface area (Å²) in [4.78, 5) is 16.0. The smallest absolute Gasteiger partial charge is 0.183 e. The van der Waals surface area contributed by atoms with E-state index in [1.54, 1.807) is 23.3 Å². The molecule has 2 rings (SSSR count). The Bertz CT molecular complexity index is 499. The molecule has 0 saturated carbocycles. The van der Waals surface area contributed by atoms with Crippen LogP contribution in [0.2, 0.25) is 0 Å². The third-order valence-electron chi connectivity index (χ3n) is 2.35. The predicted octanol–water partition coefficient (Wildman–Crippen LogP) is 2.38. The van der Waals surface area contributed by atoms with E-state index in [1.165, 1.54) is 11.3 Å². The SMILES string of the molecule is CC(C)C(=O)c1cc(-c2cscn2)nn1C. The van der Waals surface area contributed by atoms with Crippen LogP contribution in [0.3, 0.4) is 0 Å². The average molecular weight is 235 g/mol. The zero-order valence-corrected chi connectivity index (χ0v) is 10.3. The van der Waals surface area contributed by atoms with E-state index in [0.717, 1.165) is 11.4 Å². The molecule has 2 aromatic heterocycles. The van der Waals surface area contributed by atoms with Crippen LogP contribution in [0, 0.1) is 5.92 Å². The van der Waals surface area contributed by atoms with E-state index < -0.39 is 0 Å². The van der Waals surface area contributed by atoms with Crippen molar-refractivity contribution >= 4 is 17.1 Å². The van der Waals surface area contributed by atoms with E-state index in [-0.39, 0.29) is 11.7 Å². The Hall–Kier alpha value is -1.49. The summed E-state index contributed by atoms with van der Waals surface area (Å²) in [6, 6.07) is 1.80. The largest absolute Gasteiger partial charge is 0.292 e. The molecule has 0 N–H and O–H groups in total. The van der Waals surface area contributed by atoms with Crippen LogP contribution in [0.15, 0.2) is 17.0 Å². The molecule has 0 aliphatic rings. The monoisotopic (exact) mass is 235 g/mol. The van der Waals surface area contributed by atoms with Gasteiger partial charge >= 0.3 is 0 Å². The minimum absolute atomic E-state index is 0.0151. The topological polar surface area (TPSA) is 47.8 Å². The molecule has 4 nitrogen and oxygen atoms in total. The molecule has 0 fully saturated rings. The molecule has 0 aromatic carbocycles. The zero-order chi connectivity index (χ0) is 11.7. The van der Waals surface area contributed by atoms with Gasteiger partial charge in [-0.25, -0.2) is 4.98 Å². The second-order valence-corrected chi connectivity index (χ2v) is 4.65. The Balaban J connectivity index is 2.40. The first-order valence-corrected chi connectivity index (χ1v) is 6.00. The minimum Gasteiger partial charge on any atom is -0.292 e. The Labute approximate surface area is 97.9 Å². The van der Waals surface area contributed by atoms with Crippen LogP contribution in [-0.4, -0.2) is 20.5 Å². The van der Waals surface area contributed by atoms with Crippen molar-refractivity contribution in [3.05, 3.63) is 22.7 Å². The lowest BCUT2D eigenvalue weighted by Crippen LogP contribution is -2.12. The van der Waals surface area contributed by atoms with Gasteiger partial charge in [0.15, 0.2) is 5.78 Å². The summed E-state index contributed by atoms with van der Waals surface area (Å²) in [6.07, 6.45) is 0. The predicted molar refractivity (Wildman–Crippen MR) is 63.5 cm³/mol. The highest BCUT2D eigenvalue weighted by Gasteiger charge is 2.17. The molecule has 84 valence electrons. The Morgan fingerprint density at radius 2 is 2.19 bits per heavy atom. The van der Waals surface area contributed by atoms with Crippen molar-refractivity contribution < 1.29 is 4.79 Å². The third-order valence-corrected chi connectivity index (χ3v) is 2.94. The van der Waals surface area contributed by atoms with Gasteiger partial charge in [0, 0.05) is 18.3 Å². The number of ketones is 1. The molecule has 0 saturated heterocycles. The third kappa shape index (κ3) is 1.90. The van der Waals surface area contributed by atoms with Crippen molar-refractivity contribution in [2.24, 2.45) is 13.0 Å². The number of hydrogen-bond donors (Lipinski definition) is 0. The summed E-state index contributed by atoms with van der Waals surface area (Å²) < 4.78 is 1.62. The van der Waals surface area contributed by atoms with Crippen molar-refractivity contribution in [2.45, 2.75) is 13.8 Å². The van der Waals surface area contributed by atoms with E-state index in [0.29, 0.717) is 5.69 Å². The number of Topliss-reactive ketones (excluding diaryl/α,β-unsaturated/α-hetero) is 1. The number of nitrogens with zero attached hydrogens (tertiary/aromatic N) is 3. The maximum atomic E-state index is 11.9. The number of thiazole rings is 1. The summed E-state index contributed by atoms with van der Waals surface area (Å²) >= 11 is 1.52. The van der Waals surface area contributed by atoms with Crippen LogP contribution in [-0.2, 0) is 7.05 Å². The van der Waals surface area contributed by atoms with Gasteiger partial charge in [-0.15, -0.1) is 11.3 Å². The fourth-order valence-corrected chi connectivity index (χ4v) is 2.00. The van der Waals surface area contributed by atoms with Crippen molar-refractivity contribution in [3.63, 3.8) is 0 Å². The Morgan fingerprint density at radius 1 is 1.44 bits per heavy atom. The Morgan fingerprint density at radius 3 is 2.75 bits per heavy atom. The zero-order valence-electron chi connectivity index (χ0n) is 9.47. The van der Waals surface area contributed by atoms with Crippen LogP contribution in [0.5, 0.6) is 0 Å². The van der Waals surface area contributed by atoms with Gasteiger partial charge in [-0.3, -0.25) is 9.48 Å². The van der Waals surface area contributed by atoms with Gasteiger partial charge < -0.3 is 0 Å². The molecular formula is C11H13N3OS. The van der Waals surface area contributed by atoms with Crippen LogP contribution < -0.4 is 0 Å². The van der Waals surface area contributed by atoms with Crippen LogP contribution in [0.4, 0.5) is 0 Å². The lowest BCUT2D eigenvalue weighted by atomic mass is 10.1. The van der Waals surface area contributed by atoms with E-state index in [1.807, 2.05) is 19.2 Å². The molecule has 0 amide bonds. The summed E-state index contributed by atoms with van der Waals surface area (Å²) in [7, 11) is 1.78. The molecule has 0 bridgehead atoms. The highest BCUT2D eigenvalue weighted by Crippen LogP contribution is 2.19. The highest BCUT2D eigenvalue weighted by molar-refractivity contribution is 7.07. The van der Waals surface area contributed by atoms with E-state index in [4.69, 9.17) is 0 Å². The van der Waals surface area contributed by atoms with Gasteiger partial charge in [0.25, 0.3) is 0 Å². The Kier molecular flexibility index (Phi) is 2.87. The standard InChI is InChI=1S/C11H13N3OS/c1-7(2)11(15)10-4-8(13-14(10)3)9-5-16-6-12-9/h4-7H,1-3H3. The fourth-order valence-electron chi connectivity index (χ4n) is 1.46. The number of carbonyl (C=O) groups is 1. The van der Waals surface area contributed by atoms with Crippen LogP contribution in [0.25, 0.3) is 11.4 Å². The first-order valence-electron chi connectivity index (χ1n) is 5.06. The van der Waals surface area contributed by atoms with E-state index in [2.05, 4.69) is 10.1 Å². The van der Waals surface area contributed by atoms with Gasteiger partial charge in [0.1, 0.15) is 17.1 Å². The summed E-state index contributed by atoms with van der Waals surface area (Å²) in [5.74, 6) is 0.0927. The summed E-state index contributed by atoms with van der Waals surface area (Å²) in [6.45, 7) is 3.77. The molecule has 0 spiro atoms. The van der Waals surface area contributed by atoms with Crippen molar-refractivity contribution in [1.29, 1.82) is 0 Å². The molecular weight excluding hydrogens is 222 g/mol. The van der Waals surface area contributed by atoms with Gasteiger partial charge in [-0.1, -0.05) is 13.8 Å². The second-order valence-electron chi connectivity index (χ2n) is 3.93. The first-order chi connectivity index (χ1) is 7.59. The lowest BCUT2D eigenvalue weighted by Gasteiger charge is -2.02. The van der Waals surface area contributed by atoms with Gasteiger partial charge in [0.2, 0.25) is 0 Å². The highest BCUT2D eigenvalue weighted by atomic mass is 32.1. The van der Waals surface area contributed by atoms with Crippen LogP contribution >= 0.6 is 11.3 Å². The number of carbonyl (C=O) groups excluding carboxylic acids is 1. The van der Waals surface area contributed by atoms with E-state index in [9.17, 15) is 4.79 Å². The lowest BCUT2D eigenvalue weighted by molar-refractivity contribution is 0.0930. The maximum Gasteiger partial charge on any atom is 0.183 e. The van der Waals surface area contributed by atoms with Crippen molar-refractivity contribution in [1.82, 2.24) is 14.8 Å². The number of aryl methyl sites for hydroxylation is 1. The van der Waals surface area contributed by atoms with Gasteiger partial charge in [-0.05, 0) is 6.07 Å². The molecule has 2 aromatic rings. The molecule has 0 unspecified atom stereocenters. The number of hydrogen-bond acceptors (Lipinski definition) is 4. The quantitative estimate of drug-likeness (QED) is 0.767. The van der Waals surface area contributed by atoms with Gasteiger partial charge in [-0.2, -0.15) is 5.10 Å². The fraction of sp³-hybridized carbons (Fsp3) is 0.364. The summed E-state index contributed by atoms with van der Waals surface area (Å²) in [5.41, 5.74) is 3.97. The number of rotatable bonds is 3. The molecule has 0 radical (unpaired) electrons. The summed E-state index contributed by atoms with van der Waals surface area (Å²) in [5, 5.41) is 6.22.